The molecule has 1 heterocycles. The van der Waals surface area contributed by atoms with E-state index in [0.29, 0.717) is 0 Å². The van der Waals surface area contributed by atoms with Gasteiger partial charge >= 0.3 is 0 Å². The van der Waals surface area contributed by atoms with Gasteiger partial charge in [-0.25, -0.2) is 16.8 Å². The average molecular weight is 400 g/mol. The van der Waals surface area contributed by atoms with Gasteiger partial charge in [-0.1, -0.05) is 41.9 Å². The van der Waals surface area contributed by atoms with Crippen LogP contribution >= 0.6 is 11.6 Å². The first-order chi connectivity index (χ1) is 11.8. The lowest BCUT2D eigenvalue weighted by atomic mass is 10.2. The summed E-state index contributed by atoms with van der Waals surface area (Å²) >= 11 is 6.01. The number of rotatable bonds is 4. The van der Waals surface area contributed by atoms with Crippen LogP contribution in [-0.4, -0.2) is 39.5 Å². The Hall–Kier alpha value is -1.41. The van der Waals surface area contributed by atoms with Gasteiger partial charge in [0.15, 0.2) is 9.84 Å². The molecule has 0 aromatic heterocycles. The van der Waals surface area contributed by atoms with Crippen LogP contribution in [0.15, 0.2) is 64.4 Å². The van der Waals surface area contributed by atoms with Crippen LogP contribution in [0.4, 0.5) is 0 Å². The summed E-state index contributed by atoms with van der Waals surface area (Å²) in [6, 6.07) is 14.5. The SMILES string of the molecule is O=S(=O)(c1ccccc1)C1CCN(S(=O)(=O)c2ccccc2Cl)CC1. The number of hydrogen-bond donors (Lipinski definition) is 0. The van der Waals surface area contributed by atoms with Gasteiger partial charge in [0.1, 0.15) is 4.90 Å². The van der Waals surface area contributed by atoms with Gasteiger partial charge in [0.2, 0.25) is 10.0 Å². The molecule has 5 nitrogen and oxygen atoms in total. The predicted molar refractivity (Wildman–Crippen MR) is 96.9 cm³/mol. The Morgan fingerprint density at radius 2 is 1.40 bits per heavy atom. The third kappa shape index (κ3) is 3.60. The van der Waals surface area contributed by atoms with Crippen LogP contribution in [-0.2, 0) is 19.9 Å². The summed E-state index contributed by atoms with van der Waals surface area (Å²) in [5.41, 5.74) is 0. The van der Waals surface area contributed by atoms with Crippen molar-refractivity contribution in [1.82, 2.24) is 4.31 Å². The Bertz CT molecular complexity index is 951. The molecule has 25 heavy (non-hydrogen) atoms. The fourth-order valence-electron chi connectivity index (χ4n) is 2.98. The number of nitrogens with zero attached hydrogens (tertiary/aromatic N) is 1. The second-order valence-corrected chi connectivity index (χ2v) is 10.4. The standard InChI is InChI=1S/C17H18ClNO4S2/c18-16-8-4-5-9-17(16)25(22,23)19-12-10-15(11-13-19)24(20,21)14-6-2-1-3-7-14/h1-9,15H,10-13H2. The molecule has 0 aliphatic carbocycles. The first kappa shape index (κ1) is 18.4. The molecule has 0 spiro atoms. The lowest BCUT2D eigenvalue weighted by molar-refractivity contribution is 0.345. The molecule has 3 rings (SSSR count). The molecular weight excluding hydrogens is 382 g/mol. The first-order valence-electron chi connectivity index (χ1n) is 7.87. The van der Waals surface area contributed by atoms with E-state index in [1.165, 1.54) is 16.4 Å². The van der Waals surface area contributed by atoms with E-state index in [9.17, 15) is 16.8 Å². The first-order valence-corrected chi connectivity index (χ1v) is 11.2. The quantitative estimate of drug-likeness (QED) is 0.792. The van der Waals surface area contributed by atoms with Crippen LogP contribution < -0.4 is 0 Å². The smallest absolute Gasteiger partial charge is 0.223 e. The molecule has 0 atom stereocenters. The zero-order chi connectivity index (χ0) is 18.1. The zero-order valence-electron chi connectivity index (χ0n) is 13.4. The molecule has 1 saturated heterocycles. The van der Waals surface area contributed by atoms with E-state index in [4.69, 9.17) is 11.6 Å². The number of sulfonamides is 1. The van der Waals surface area contributed by atoms with Crippen molar-refractivity contribution in [2.45, 2.75) is 27.9 Å². The van der Waals surface area contributed by atoms with Gasteiger partial charge in [-0.3, -0.25) is 0 Å². The van der Waals surface area contributed by atoms with Crippen LogP contribution in [0.5, 0.6) is 0 Å². The van der Waals surface area contributed by atoms with Crippen molar-refractivity contribution in [1.29, 1.82) is 0 Å². The molecule has 0 N–H and O–H groups in total. The zero-order valence-corrected chi connectivity index (χ0v) is 15.8. The number of benzene rings is 2. The topological polar surface area (TPSA) is 71.5 Å². The molecule has 2 aromatic carbocycles. The van der Waals surface area contributed by atoms with E-state index < -0.39 is 25.1 Å². The van der Waals surface area contributed by atoms with Gasteiger partial charge < -0.3 is 0 Å². The molecule has 8 heteroatoms. The molecule has 2 aromatic rings. The molecule has 1 aliphatic heterocycles. The summed E-state index contributed by atoms with van der Waals surface area (Å²) in [5.74, 6) is 0. The lowest BCUT2D eigenvalue weighted by Crippen LogP contribution is -2.42. The van der Waals surface area contributed by atoms with Crippen LogP contribution in [0.3, 0.4) is 0 Å². The fourth-order valence-corrected chi connectivity index (χ4v) is 6.69. The minimum Gasteiger partial charge on any atom is -0.223 e. The molecule has 134 valence electrons. The average Bonchev–Trinajstić information content (AvgIpc) is 2.63. The highest BCUT2D eigenvalue weighted by molar-refractivity contribution is 7.92. The number of halogens is 1. The summed E-state index contributed by atoms with van der Waals surface area (Å²) < 4.78 is 52.1. The molecule has 0 amide bonds. The minimum absolute atomic E-state index is 0.0565. The van der Waals surface area contributed by atoms with Gasteiger partial charge in [0.05, 0.1) is 15.2 Å². The molecule has 1 aliphatic rings. The second kappa shape index (κ2) is 7.07. The third-order valence-corrected chi connectivity index (χ3v) is 9.04. The van der Waals surface area contributed by atoms with Crippen molar-refractivity contribution >= 4 is 31.5 Å². The van der Waals surface area contributed by atoms with Crippen molar-refractivity contribution in [3.8, 4) is 0 Å². The Morgan fingerprint density at radius 1 is 0.840 bits per heavy atom. The van der Waals surface area contributed by atoms with Crippen molar-refractivity contribution in [2.24, 2.45) is 0 Å². The molecule has 0 bridgehead atoms. The molecular formula is C17H18ClNO4S2. The number of piperidine rings is 1. The Morgan fingerprint density at radius 3 is 2.00 bits per heavy atom. The Labute approximate surface area is 153 Å². The monoisotopic (exact) mass is 399 g/mol. The van der Waals surface area contributed by atoms with Crippen LogP contribution in [0, 0.1) is 0 Å². The Kier molecular flexibility index (Phi) is 5.20. The maximum absolute atomic E-state index is 12.7. The van der Waals surface area contributed by atoms with Crippen LogP contribution in [0.2, 0.25) is 5.02 Å². The highest BCUT2D eigenvalue weighted by Crippen LogP contribution is 2.29. The molecule has 0 unspecified atom stereocenters. The van der Waals surface area contributed by atoms with E-state index in [1.54, 1.807) is 42.5 Å². The van der Waals surface area contributed by atoms with E-state index in [-0.39, 0.29) is 40.7 Å². The van der Waals surface area contributed by atoms with E-state index >= 15 is 0 Å². The minimum atomic E-state index is -3.72. The van der Waals surface area contributed by atoms with E-state index in [0.717, 1.165) is 0 Å². The molecule has 1 fully saturated rings. The van der Waals surface area contributed by atoms with Gasteiger partial charge in [0.25, 0.3) is 0 Å². The van der Waals surface area contributed by atoms with Gasteiger partial charge in [-0.15, -0.1) is 0 Å². The highest BCUT2D eigenvalue weighted by Gasteiger charge is 2.36. The largest absolute Gasteiger partial charge is 0.244 e. The second-order valence-electron chi connectivity index (χ2n) is 5.89. The van der Waals surface area contributed by atoms with Crippen LogP contribution in [0.25, 0.3) is 0 Å². The summed E-state index contributed by atoms with van der Waals surface area (Å²) in [4.78, 5) is 0.337. The van der Waals surface area contributed by atoms with Crippen molar-refractivity contribution < 1.29 is 16.8 Å². The summed E-state index contributed by atoms with van der Waals surface area (Å²) in [5, 5.41) is -0.408. The van der Waals surface area contributed by atoms with Gasteiger partial charge in [-0.2, -0.15) is 4.31 Å². The van der Waals surface area contributed by atoms with E-state index in [2.05, 4.69) is 0 Å². The lowest BCUT2D eigenvalue weighted by Gasteiger charge is -2.31. The van der Waals surface area contributed by atoms with Crippen LogP contribution in [0.1, 0.15) is 12.8 Å². The third-order valence-electron chi connectivity index (χ3n) is 4.37. The fraction of sp³-hybridized carbons (Fsp3) is 0.294. The maximum atomic E-state index is 12.7. The van der Waals surface area contributed by atoms with E-state index in [1.807, 2.05) is 0 Å². The predicted octanol–water partition coefficient (Wildman–Crippen LogP) is 2.97. The van der Waals surface area contributed by atoms with Crippen molar-refractivity contribution in [3.63, 3.8) is 0 Å². The summed E-state index contributed by atoms with van der Waals surface area (Å²) in [7, 11) is -7.17. The molecule has 0 radical (unpaired) electrons. The van der Waals surface area contributed by atoms with Crippen molar-refractivity contribution in [3.05, 3.63) is 59.6 Å². The molecule has 0 saturated carbocycles. The summed E-state index contributed by atoms with van der Waals surface area (Å²) in [6.07, 6.45) is 0.530. The van der Waals surface area contributed by atoms with Gasteiger partial charge in [-0.05, 0) is 37.1 Å². The van der Waals surface area contributed by atoms with Crippen molar-refractivity contribution in [2.75, 3.05) is 13.1 Å². The Balaban J connectivity index is 1.77. The summed E-state index contributed by atoms with van der Waals surface area (Å²) in [6.45, 7) is 0.314. The highest BCUT2D eigenvalue weighted by atomic mass is 35.5. The number of hydrogen-bond acceptors (Lipinski definition) is 4. The maximum Gasteiger partial charge on any atom is 0.244 e. The normalized spacial score (nSPS) is 17.5. The number of sulfone groups is 1. The van der Waals surface area contributed by atoms with Gasteiger partial charge in [0, 0.05) is 13.1 Å².